The molecule has 406 valence electrons. The lowest BCUT2D eigenvalue weighted by Gasteiger charge is -2.35. The normalized spacial score (nSPS) is 30.5. The fourth-order valence-electron chi connectivity index (χ4n) is 8.33. The molecule has 15 atom stereocenters. The first kappa shape index (κ1) is 56.2. The molecule has 8 rings (SSSR count). The minimum absolute atomic E-state index is 0.0336. The van der Waals surface area contributed by atoms with Crippen LogP contribution in [0.15, 0.2) is 60.8 Å². The van der Waals surface area contributed by atoms with E-state index in [0.29, 0.717) is 0 Å². The molecule has 37 heteroatoms. The predicted octanol–water partition coefficient (Wildman–Crippen LogP) is -3.04. The number of aliphatic hydroxyl groups excluding tert-OH is 2. The number of ether oxygens (including phenoxy) is 4. The van der Waals surface area contributed by atoms with Crippen molar-refractivity contribution in [2.75, 3.05) is 43.6 Å². The Bertz CT molecular complexity index is 3170. The summed E-state index contributed by atoms with van der Waals surface area (Å²) in [6, 6.07) is 3.99. The quantitative estimate of drug-likeness (QED) is 0.0342. The number of aryl methyl sites for hydroxylation is 1. The van der Waals surface area contributed by atoms with E-state index in [1.54, 1.807) is 0 Å². The highest BCUT2D eigenvalue weighted by Gasteiger charge is 2.44. The van der Waals surface area contributed by atoms with Crippen LogP contribution < -0.4 is 55.3 Å². The molecule has 4 aliphatic rings. The Labute approximate surface area is 431 Å². The maximum absolute atomic E-state index is 14.1. The van der Waals surface area contributed by atoms with Crippen LogP contribution in [0.5, 0.6) is 0 Å². The Morgan fingerprint density at radius 2 is 1.24 bits per heavy atom. The van der Waals surface area contributed by atoms with Gasteiger partial charge in [0.2, 0.25) is 0 Å². The second-order valence-electron chi connectivity index (χ2n) is 17.0. The Morgan fingerprint density at radius 1 is 0.730 bits per heavy atom. The van der Waals surface area contributed by atoms with Gasteiger partial charge in [0.15, 0.2) is 6.80 Å². The zero-order valence-electron chi connectivity index (χ0n) is 38.3. The van der Waals surface area contributed by atoms with Crippen LogP contribution in [0.25, 0.3) is 0 Å². The summed E-state index contributed by atoms with van der Waals surface area (Å²) in [5.74, 6) is -0.258. The van der Waals surface area contributed by atoms with Crippen molar-refractivity contribution in [3.05, 3.63) is 100 Å². The van der Waals surface area contributed by atoms with Gasteiger partial charge in [-0.15, -0.1) is 0 Å². The summed E-state index contributed by atoms with van der Waals surface area (Å²) in [7, 11) is 0. The van der Waals surface area contributed by atoms with Gasteiger partial charge in [0.05, 0.1) is 56.5 Å². The van der Waals surface area contributed by atoms with Gasteiger partial charge in [0.1, 0.15) is 80.1 Å². The van der Waals surface area contributed by atoms with Crippen molar-refractivity contribution in [2.45, 2.75) is 106 Å². The lowest BCUT2D eigenvalue weighted by atomic mass is 10.1. The molecule has 4 fully saturated rings. The molecule has 7 unspecified atom stereocenters. The number of nitrogens with zero attached hydrogens (tertiary/aromatic N) is 6. The molecule has 31 nitrogen and oxygen atoms in total. The maximum Gasteiger partial charge on any atom is 0.351 e. The van der Waals surface area contributed by atoms with Gasteiger partial charge >= 0.3 is 22.8 Å². The Morgan fingerprint density at radius 3 is 1.84 bits per heavy atom. The summed E-state index contributed by atoms with van der Waals surface area (Å²) < 4.78 is 74.8. The van der Waals surface area contributed by atoms with Crippen LogP contribution in [0.2, 0.25) is 0 Å². The SMILES string of the molecule is Cc1cn([C@H]2CC(OP([O-])(=S)OC[C@H]3O[C@@H](n4ccc(N)nc4=O)CC3O)[C@@H](COP(=O)([S-])OC3C[C@H](c4cc(N)nc(=O)[nH]4)O[C@@H]3COP([O-])(=S)OC3C[C@H](n4ccc(N)nc4=O)O[C@@H]3CO)O2)c(=O)[nH]c1=O. The molecule has 4 aromatic rings. The van der Waals surface area contributed by atoms with Crippen LogP contribution in [-0.4, -0.2) is 124 Å². The third-order valence-electron chi connectivity index (χ3n) is 11.8. The number of hydrogen-bond acceptors (Lipinski definition) is 29. The summed E-state index contributed by atoms with van der Waals surface area (Å²) in [6.45, 7) is -15.0. The number of nitrogens with one attached hydrogen (secondary N) is 2. The molecule has 0 aliphatic carbocycles. The summed E-state index contributed by atoms with van der Waals surface area (Å²) in [5, 5.41) is 20.7. The molecule has 8 heterocycles. The van der Waals surface area contributed by atoms with Gasteiger partial charge in [-0.3, -0.25) is 28.0 Å². The number of aliphatic hydroxyl groups is 2. The van der Waals surface area contributed by atoms with E-state index in [2.05, 4.69) is 24.9 Å². The van der Waals surface area contributed by atoms with Gasteiger partial charge in [0.25, 0.3) is 5.56 Å². The van der Waals surface area contributed by atoms with Crippen LogP contribution in [0.3, 0.4) is 0 Å². The molecule has 0 amide bonds. The summed E-state index contributed by atoms with van der Waals surface area (Å²) in [4.78, 5) is 105. The molecule has 4 aromatic heterocycles. The van der Waals surface area contributed by atoms with Gasteiger partial charge in [-0.05, 0) is 19.1 Å². The van der Waals surface area contributed by atoms with Crippen LogP contribution in [0.4, 0.5) is 17.5 Å². The average Bonchev–Trinajstić information content (AvgIpc) is 4.10. The second-order valence-corrected chi connectivity index (χ2v) is 25.1. The largest absolute Gasteiger partial charge is 0.780 e. The third kappa shape index (κ3) is 13.8. The third-order valence-corrected chi connectivity index (χ3v) is 16.5. The molecule has 0 saturated carbocycles. The monoisotopic (exact) mass is 1150 g/mol. The highest BCUT2D eigenvalue weighted by molar-refractivity contribution is 8.32. The topological polar surface area (TPSA) is 444 Å². The second kappa shape index (κ2) is 22.9. The van der Waals surface area contributed by atoms with E-state index in [9.17, 15) is 48.5 Å². The molecule has 4 saturated heterocycles. The number of rotatable bonds is 20. The number of anilines is 3. The number of aromatic nitrogens is 8. The number of nitrogens with two attached hydrogens (primary N) is 3. The Balaban J connectivity index is 0.949. The van der Waals surface area contributed by atoms with Crippen molar-refractivity contribution >= 4 is 73.6 Å². The van der Waals surface area contributed by atoms with Crippen molar-refractivity contribution in [2.24, 2.45) is 0 Å². The predicted molar refractivity (Wildman–Crippen MR) is 258 cm³/mol. The van der Waals surface area contributed by atoms with Gasteiger partial charge in [0, 0.05) is 55.9 Å². The smallest absolute Gasteiger partial charge is 0.351 e. The van der Waals surface area contributed by atoms with Crippen LogP contribution in [0, 0.1) is 6.92 Å². The van der Waals surface area contributed by atoms with E-state index in [1.165, 1.54) is 43.7 Å². The van der Waals surface area contributed by atoms with E-state index < -0.39 is 149 Å². The molecular weight excluding hydrogens is 1110 g/mol. The minimum atomic E-state index is -4.71. The minimum Gasteiger partial charge on any atom is -0.780 e. The molecule has 74 heavy (non-hydrogen) atoms. The van der Waals surface area contributed by atoms with Crippen LogP contribution in [0.1, 0.15) is 61.7 Å². The van der Waals surface area contributed by atoms with Crippen molar-refractivity contribution in [3.8, 4) is 0 Å². The van der Waals surface area contributed by atoms with Gasteiger partial charge < -0.3 is 101 Å². The van der Waals surface area contributed by atoms with Crippen molar-refractivity contribution in [1.29, 1.82) is 0 Å². The first-order valence-corrected chi connectivity index (χ1v) is 29.7. The maximum atomic E-state index is 14.1. The molecule has 0 aromatic carbocycles. The number of nitrogen functional groups attached to an aromatic ring is 3. The highest BCUT2D eigenvalue weighted by Crippen LogP contribution is 2.53. The lowest BCUT2D eigenvalue weighted by Crippen LogP contribution is -2.33. The van der Waals surface area contributed by atoms with Gasteiger partial charge in [-0.1, -0.05) is 23.6 Å². The van der Waals surface area contributed by atoms with Crippen LogP contribution in [-0.2, 0) is 86.5 Å². The molecule has 0 spiro atoms. The van der Waals surface area contributed by atoms with E-state index in [0.717, 1.165) is 13.7 Å². The van der Waals surface area contributed by atoms with Crippen molar-refractivity contribution in [1.82, 2.24) is 38.6 Å². The standard InChI is InChI=1S/C37H50N11O20P3S3/c1-16-11-48(37(55)45-33(16)51)32-10-22(68-69(56,72)59-13-24-18(50)7-30(64-24)46-4-2-27(38)43-35(46)53)26(65-32)15-61-70(57,73)66-20-8-19(17-6-29(40)42-34(52)41-17)62-25(20)14-60-71(58,74)67-21-9-31(63-23(21)12-49)47-5-3-28(39)44-36(47)54/h2-6,11,18-26,30-32,49-50H,7-10,12-15H2,1H3,(H,56,72)(H,57,73)(H,58,74)(H2,38,43,53)(H2,39,44,54)(H,45,51,55)(H3,40,41,42,52)/p-3/t18?,19-,20?,21?,22?,23-,24-,25-,26-,30-,31-,32-,69?,70?,71?/m1/s1. The lowest BCUT2D eigenvalue weighted by molar-refractivity contribution is -0.216. The molecular formula is C37H47N11O20P3S3-3. The van der Waals surface area contributed by atoms with E-state index >= 15 is 0 Å². The van der Waals surface area contributed by atoms with Crippen molar-refractivity contribution in [3.63, 3.8) is 0 Å². The van der Waals surface area contributed by atoms with Crippen molar-refractivity contribution < 1.29 is 70.7 Å². The molecule has 4 aliphatic heterocycles. The zero-order chi connectivity index (χ0) is 53.4. The van der Waals surface area contributed by atoms with E-state index in [-0.39, 0.29) is 54.4 Å². The summed E-state index contributed by atoms with van der Waals surface area (Å²) >= 11 is 15.7. The fraction of sp³-hybridized carbons (Fsp3) is 0.568. The number of H-pyrrole nitrogens is 2. The Hall–Kier alpha value is -3.96. The summed E-state index contributed by atoms with van der Waals surface area (Å²) in [6.07, 6.45) is -11.3. The van der Waals surface area contributed by atoms with Crippen LogP contribution >= 0.6 is 20.2 Å². The first-order chi connectivity index (χ1) is 34.8. The molecule has 10 N–H and O–H groups in total. The van der Waals surface area contributed by atoms with E-state index in [1.807, 2.05) is 0 Å². The number of hydrogen-bond donors (Lipinski definition) is 7. The van der Waals surface area contributed by atoms with Gasteiger partial charge in [-0.2, -0.15) is 15.0 Å². The fourth-order valence-corrected chi connectivity index (χ4v) is 12.7. The first-order valence-electron chi connectivity index (χ1n) is 22.1. The van der Waals surface area contributed by atoms with Gasteiger partial charge in [-0.25, -0.2) is 19.2 Å². The number of aromatic amines is 2. The molecule has 0 radical (unpaired) electrons. The molecule has 0 bridgehead atoms. The zero-order valence-corrected chi connectivity index (χ0v) is 43.4. The highest BCUT2D eigenvalue weighted by atomic mass is 32.7. The summed E-state index contributed by atoms with van der Waals surface area (Å²) in [5.41, 5.74) is 13.3. The van der Waals surface area contributed by atoms with E-state index in [4.69, 9.17) is 99.2 Å². The Kier molecular flexibility index (Phi) is 17.4. The average molecular weight is 1150 g/mol.